The molecule has 0 aliphatic carbocycles. The number of hydrogen-bond donors (Lipinski definition) is 0. The Morgan fingerprint density at radius 1 is 1.09 bits per heavy atom. The minimum atomic E-state index is -3.74. The molecule has 0 spiro atoms. The summed E-state index contributed by atoms with van der Waals surface area (Å²) in [5.74, 6) is 1.26. The fraction of sp³-hybridized carbons (Fsp3) is 0.478. The van der Waals surface area contributed by atoms with Gasteiger partial charge in [0.25, 0.3) is 0 Å². The molecule has 2 fully saturated rings. The van der Waals surface area contributed by atoms with E-state index in [0.717, 1.165) is 18.4 Å². The van der Waals surface area contributed by atoms with Crippen molar-refractivity contribution in [1.29, 1.82) is 0 Å². The number of piperidine rings is 1. The average molecular weight is 494 g/mol. The van der Waals surface area contributed by atoms with E-state index in [1.807, 2.05) is 23.1 Å². The van der Waals surface area contributed by atoms with E-state index in [4.69, 9.17) is 21.1 Å². The molecule has 8 nitrogen and oxygen atoms in total. The number of pyridine rings is 1. The van der Waals surface area contributed by atoms with Gasteiger partial charge < -0.3 is 14.4 Å². The van der Waals surface area contributed by atoms with E-state index in [1.165, 1.54) is 16.6 Å². The zero-order chi connectivity index (χ0) is 23.6. The van der Waals surface area contributed by atoms with Crippen LogP contribution in [0.15, 0.2) is 41.4 Å². The van der Waals surface area contributed by atoms with E-state index >= 15 is 0 Å². The quantitative estimate of drug-likeness (QED) is 0.572. The summed E-state index contributed by atoms with van der Waals surface area (Å²) >= 11 is 6.02. The molecule has 10 heteroatoms. The Balaban J connectivity index is 1.46. The second-order valence-electron chi connectivity index (χ2n) is 8.27. The van der Waals surface area contributed by atoms with Gasteiger partial charge in [-0.05, 0) is 49.9 Å². The van der Waals surface area contributed by atoms with E-state index in [0.29, 0.717) is 30.9 Å². The zero-order valence-electron chi connectivity index (χ0n) is 18.7. The van der Waals surface area contributed by atoms with Crippen molar-refractivity contribution in [2.75, 3.05) is 33.9 Å². The molecule has 2 aromatic rings. The second-order valence-corrected chi connectivity index (χ2v) is 10.5. The van der Waals surface area contributed by atoms with Gasteiger partial charge in [-0.2, -0.15) is 4.31 Å². The van der Waals surface area contributed by atoms with Gasteiger partial charge in [0.15, 0.2) is 0 Å². The highest BCUT2D eigenvalue weighted by Gasteiger charge is 2.39. The van der Waals surface area contributed by atoms with E-state index in [1.54, 1.807) is 20.3 Å². The molecule has 1 aromatic carbocycles. The fourth-order valence-corrected chi connectivity index (χ4v) is 6.63. The molecule has 0 saturated carbocycles. The highest BCUT2D eigenvalue weighted by atomic mass is 35.5. The lowest BCUT2D eigenvalue weighted by atomic mass is 9.95. The highest BCUT2D eigenvalue weighted by Crippen LogP contribution is 2.40. The van der Waals surface area contributed by atoms with Gasteiger partial charge in [-0.25, -0.2) is 13.4 Å². The molecule has 0 bridgehead atoms. The van der Waals surface area contributed by atoms with Crippen molar-refractivity contribution in [2.24, 2.45) is 5.92 Å². The number of methoxy groups -OCH3 is 2. The van der Waals surface area contributed by atoms with Crippen LogP contribution in [0.3, 0.4) is 0 Å². The van der Waals surface area contributed by atoms with E-state index in [2.05, 4.69) is 4.98 Å². The summed E-state index contributed by atoms with van der Waals surface area (Å²) in [5.41, 5.74) is 0.968. The third-order valence-electron chi connectivity index (χ3n) is 6.48. The molecule has 2 aliphatic heterocycles. The molecule has 2 saturated heterocycles. The highest BCUT2D eigenvalue weighted by molar-refractivity contribution is 7.89. The lowest BCUT2D eigenvalue weighted by Crippen LogP contribution is -2.44. The van der Waals surface area contributed by atoms with Crippen LogP contribution in [-0.2, 0) is 14.8 Å². The van der Waals surface area contributed by atoms with Gasteiger partial charge in [0.05, 0.1) is 20.3 Å². The van der Waals surface area contributed by atoms with Crippen LogP contribution < -0.4 is 9.47 Å². The largest absolute Gasteiger partial charge is 0.497 e. The van der Waals surface area contributed by atoms with Crippen molar-refractivity contribution in [3.63, 3.8) is 0 Å². The maximum absolute atomic E-state index is 13.4. The Bertz CT molecular complexity index is 1120. The molecule has 4 rings (SSSR count). The van der Waals surface area contributed by atoms with E-state index in [-0.39, 0.29) is 41.0 Å². The number of halogens is 1. The lowest BCUT2D eigenvalue weighted by molar-refractivity contribution is -0.137. The summed E-state index contributed by atoms with van der Waals surface area (Å²) in [6.45, 7) is 1.23. The van der Waals surface area contributed by atoms with Gasteiger partial charge in [0, 0.05) is 43.4 Å². The Morgan fingerprint density at radius 3 is 2.52 bits per heavy atom. The Hall–Kier alpha value is -2.36. The Morgan fingerprint density at radius 2 is 1.85 bits per heavy atom. The summed E-state index contributed by atoms with van der Waals surface area (Å²) in [6.07, 6.45) is 4.17. The van der Waals surface area contributed by atoms with Gasteiger partial charge in [0.1, 0.15) is 21.5 Å². The van der Waals surface area contributed by atoms with Gasteiger partial charge >= 0.3 is 0 Å². The van der Waals surface area contributed by atoms with Crippen molar-refractivity contribution < 1.29 is 22.7 Å². The Kier molecular flexibility index (Phi) is 7.11. The minimum absolute atomic E-state index is 0.00245. The smallest absolute Gasteiger partial charge is 0.246 e. The van der Waals surface area contributed by atoms with Crippen LogP contribution in [0.2, 0.25) is 5.15 Å². The zero-order valence-corrected chi connectivity index (χ0v) is 20.3. The average Bonchev–Trinajstić information content (AvgIpc) is 3.33. The standard InChI is InChI=1S/C23H28ClN3O5S/c1-31-17-7-8-18(20(15-17)32-2)19-5-4-12-27(19)23(28)16-9-13-26(14-10-16)33(29,30)21-6-3-11-25-22(21)24/h3,6-8,11,15-16,19H,4-5,9-10,12-14H2,1-2H3/t19-/m1/s1. The van der Waals surface area contributed by atoms with Crippen molar-refractivity contribution in [3.05, 3.63) is 47.2 Å². The normalized spacial score (nSPS) is 20.1. The number of sulfonamides is 1. The molecular formula is C23H28ClN3O5S. The fourth-order valence-electron chi connectivity index (χ4n) is 4.73. The molecule has 33 heavy (non-hydrogen) atoms. The third kappa shape index (κ3) is 4.67. The predicted molar refractivity (Wildman–Crippen MR) is 124 cm³/mol. The predicted octanol–water partition coefficient (Wildman–Crippen LogP) is 3.52. The number of nitrogens with zero attached hydrogens (tertiary/aromatic N) is 3. The Labute approximate surface area is 199 Å². The molecule has 3 heterocycles. The number of carbonyl (C=O) groups excluding carboxylic acids is 1. The number of ether oxygens (including phenoxy) is 2. The number of amides is 1. The number of hydrogen-bond acceptors (Lipinski definition) is 6. The molecule has 1 aromatic heterocycles. The maximum Gasteiger partial charge on any atom is 0.246 e. The van der Waals surface area contributed by atoms with Gasteiger partial charge in [-0.15, -0.1) is 0 Å². The number of rotatable bonds is 6. The second kappa shape index (κ2) is 9.87. The van der Waals surface area contributed by atoms with Crippen molar-refractivity contribution >= 4 is 27.5 Å². The molecular weight excluding hydrogens is 466 g/mol. The molecule has 0 unspecified atom stereocenters. The summed E-state index contributed by atoms with van der Waals surface area (Å²) in [6, 6.07) is 8.62. The van der Waals surface area contributed by atoms with Gasteiger partial charge in [0.2, 0.25) is 15.9 Å². The van der Waals surface area contributed by atoms with Crippen LogP contribution in [0.1, 0.15) is 37.3 Å². The van der Waals surface area contributed by atoms with Crippen molar-refractivity contribution in [1.82, 2.24) is 14.2 Å². The lowest BCUT2D eigenvalue weighted by Gasteiger charge is -2.34. The van der Waals surface area contributed by atoms with Crippen LogP contribution in [0.4, 0.5) is 0 Å². The summed E-state index contributed by atoms with van der Waals surface area (Å²) in [7, 11) is -0.524. The molecule has 178 valence electrons. The number of likely N-dealkylation sites (tertiary alicyclic amines) is 1. The van der Waals surface area contributed by atoms with Crippen molar-refractivity contribution in [3.8, 4) is 11.5 Å². The molecule has 1 amide bonds. The topological polar surface area (TPSA) is 89.0 Å². The van der Waals surface area contributed by atoms with Crippen LogP contribution in [0.5, 0.6) is 11.5 Å². The van der Waals surface area contributed by atoms with Crippen LogP contribution in [0, 0.1) is 5.92 Å². The van der Waals surface area contributed by atoms with Crippen LogP contribution in [-0.4, -0.2) is 62.4 Å². The first-order chi connectivity index (χ1) is 15.9. The van der Waals surface area contributed by atoms with E-state index < -0.39 is 10.0 Å². The van der Waals surface area contributed by atoms with Crippen LogP contribution in [0.25, 0.3) is 0 Å². The van der Waals surface area contributed by atoms with E-state index in [9.17, 15) is 13.2 Å². The van der Waals surface area contributed by atoms with Crippen molar-refractivity contribution in [2.45, 2.75) is 36.6 Å². The molecule has 0 radical (unpaired) electrons. The number of aromatic nitrogens is 1. The summed E-state index contributed by atoms with van der Waals surface area (Å²) in [5, 5.41) is -0.0379. The summed E-state index contributed by atoms with van der Waals surface area (Å²) < 4.78 is 38.2. The first-order valence-electron chi connectivity index (χ1n) is 11.0. The minimum Gasteiger partial charge on any atom is -0.497 e. The first-order valence-corrected chi connectivity index (χ1v) is 12.8. The maximum atomic E-state index is 13.4. The molecule has 0 N–H and O–H groups in total. The summed E-state index contributed by atoms with van der Waals surface area (Å²) in [4.78, 5) is 19.3. The van der Waals surface area contributed by atoms with Gasteiger partial charge in [-0.3, -0.25) is 4.79 Å². The number of benzene rings is 1. The molecule has 2 aliphatic rings. The number of carbonyl (C=O) groups is 1. The SMILES string of the molecule is COc1ccc([C@H]2CCCN2C(=O)C2CCN(S(=O)(=O)c3cccnc3Cl)CC2)c(OC)c1. The third-order valence-corrected chi connectivity index (χ3v) is 8.82. The van der Waals surface area contributed by atoms with Crippen LogP contribution >= 0.6 is 11.6 Å². The van der Waals surface area contributed by atoms with Gasteiger partial charge in [-0.1, -0.05) is 11.6 Å². The molecule has 1 atom stereocenters. The first kappa shape index (κ1) is 23.8. The monoisotopic (exact) mass is 493 g/mol.